The summed E-state index contributed by atoms with van der Waals surface area (Å²) in [7, 11) is 0. The lowest BCUT2D eigenvalue weighted by atomic mass is 9.95. The molecule has 1 heterocycles. The van der Waals surface area contributed by atoms with Crippen LogP contribution in [0, 0.1) is 30.1 Å². The Labute approximate surface area is 133 Å². The SMILES string of the molecule is CCC(C)CC(C)CNc1ccc(C#N)c2nc(C)ccc12. The third kappa shape index (κ3) is 3.76. The number of hydrogen-bond donors (Lipinski definition) is 1. The van der Waals surface area contributed by atoms with Crippen molar-refractivity contribution in [3.8, 4) is 6.07 Å². The highest BCUT2D eigenvalue weighted by Crippen LogP contribution is 2.26. The van der Waals surface area contributed by atoms with Crippen molar-refractivity contribution < 1.29 is 0 Å². The van der Waals surface area contributed by atoms with E-state index in [4.69, 9.17) is 0 Å². The molecule has 2 rings (SSSR count). The molecule has 22 heavy (non-hydrogen) atoms. The van der Waals surface area contributed by atoms with Crippen LogP contribution in [0.5, 0.6) is 0 Å². The summed E-state index contributed by atoms with van der Waals surface area (Å²) in [4.78, 5) is 4.53. The fraction of sp³-hybridized carbons (Fsp3) is 0.474. The Bertz CT molecular complexity index is 685. The molecule has 3 nitrogen and oxygen atoms in total. The number of aryl methyl sites for hydroxylation is 1. The zero-order valence-corrected chi connectivity index (χ0v) is 14.0. The predicted molar refractivity (Wildman–Crippen MR) is 92.9 cm³/mol. The van der Waals surface area contributed by atoms with Crippen LogP contribution in [0.15, 0.2) is 24.3 Å². The monoisotopic (exact) mass is 295 g/mol. The normalized spacial score (nSPS) is 13.6. The van der Waals surface area contributed by atoms with Gasteiger partial charge in [-0.3, -0.25) is 4.98 Å². The van der Waals surface area contributed by atoms with E-state index in [1.807, 2.05) is 25.1 Å². The molecule has 0 aliphatic rings. The molecule has 3 heteroatoms. The largest absolute Gasteiger partial charge is 0.384 e. The van der Waals surface area contributed by atoms with Crippen molar-refractivity contribution in [1.29, 1.82) is 5.26 Å². The van der Waals surface area contributed by atoms with Crippen molar-refractivity contribution in [2.75, 3.05) is 11.9 Å². The third-order valence-corrected chi connectivity index (χ3v) is 4.26. The summed E-state index contributed by atoms with van der Waals surface area (Å²) < 4.78 is 0. The summed E-state index contributed by atoms with van der Waals surface area (Å²) in [5.41, 5.74) is 3.43. The zero-order valence-electron chi connectivity index (χ0n) is 14.0. The van der Waals surface area contributed by atoms with Gasteiger partial charge in [-0.25, -0.2) is 0 Å². The molecule has 0 aliphatic heterocycles. The van der Waals surface area contributed by atoms with Gasteiger partial charge in [-0.15, -0.1) is 0 Å². The number of aromatic nitrogens is 1. The highest BCUT2D eigenvalue weighted by atomic mass is 14.9. The molecule has 0 saturated carbocycles. The van der Waals surface area contributed by atoms with E-state index in [1.54, 1.807) is 0 Å². The first-order valence-corrected chi connectivity index (χ1v) is 8.09. The molecule has 1 aromatic carbocycles. The van der Waals surface area contributed by atoms with Gasteiger partial charge >= 0.3 is 0 Å². The molecule has 1 N–H and O–H groups in total. The fourth-order valence-electron chi connectivity index (χ4n) is 2.78. The Morgan fingerprint density at radius 1 is 1.18 bits per heavy atom. The number of benzene rings is 1. The van der Waals surface area contributed by atoms with E-state index in [1.165, 1.54) is 12.8 Å². The van der Waals surface area contributed by atoms with Crippen molar-refractivity contribution in [3.05, 3.63) is 35.5 Å². The van der Waals surface area contributed by atoms with Crippen LogP contribution in [0.2, 0.25) is 0 Å². The first-order chi connectivity index (χ1) is 10.5. The number of nitrogens with one attached hydrogen (secondary N) is 1. The quantitative estimate of drug-likeness (QED) is 0.824. The summed E-state index contributed by atoms with van der Waals surface area (Å²) in [6, 6.07) is 10.1. The lowest BCUT2D eigenvalue weighted by molar-refractivity contribution is 0.418. The number of pyridine rings is 1. The molecule has 0 aliphatic carbocycles. The lowest BCUT2D eigenvalue weighted by Gasteiger charge is -2.18. The Hall–Kier alpha value is -2.08. The molecule has 2 atom stereocenters. The highest BCUT2D eigenvalue weighted by molar-refractivity contribution is 5.94. The zero-order chi connectivity index (χ0) is 16.1. The van der Waals surface area contributed by atoms with Crippen LogP contribution in [-0.4, -0.2) is 11.5 Å². The van der Waals surface area contributed by atoms with Gasteiger partial charge in [0.2, 0.25) is 0 Å². The molecule has 116 valence electrons. The minimum Gasteiger partial charge on any atom is -0.384 e. The summed E-state index contributed by atoms with van der Waals surface area (Å²) in [6.07, 6.45) is 2.46. The van der Waals surface area contributed by atoms with Crippen LogP contribution >= 0.6 is 0 Å². The molecule has 0 spiro atoms. The second kappa shape index (κ2) is 7.26. The summed E-state index contributed by atoms with van der Waals surface area (Å²) in [5, 5.41) is 13.8. The highest BCUT2D eigenvalue weighted by Gasteiger charge is 2.10. The van der Waals surface area contributed by atoms with Crippen LogP contribution in [0.1, 0.15) is 44.9 Å². The van der Waals surface area contributed by atoms with Gasteiger partial charge < -0.3 is 5.32 Å². The van der Waals surface area contributed by atoms with Gasteiger partial charge in [0.15, 0.2) is 0 Å². The summed E-state index contributed by atoms with van der Waals surface area (Å²) in [6.45, 7) is 9.73. The van der Waals surface area contributed by atoms with Crippen LogP contribution < -0.4 is 5.32 Å². The second-order valence-electron chi connectivity index (χ2n) is 6.36. The van der Waals surface area contributed by atoms with Crippen molar-refractivity contribution in [2.45, 2.75) is 40.5 Å². The molecule has 2 aromatic rings. The third-order valence-electron chi connectivity index (χ3n) is 4.26. The van der Waals surface area contributed by atoms with E-state index in [0.717, 1.165) is 34.7 Å². The van der Waals surface area contributed by atoms with Crippen LogP contribution in [0.4, 0.5) is 5.69 Å². The Morgan fingerprint density at radius 3 is 2.64 bits per heavy atom. The number of fused-ring (bicyclic) bond motifs is 1. The number of rotatable bonds is 6. The summed E-state index contributed by atoms with van der Waals surface area (Å²) >= 11 is 0. The molecule has 0 fully saturated rings. The van der Waals surface area contributed by atoms with Crippen molar-refractivity contribution in [1.82, 2.24) is 4.98 Å². The Morgan fingerprint density at radius 2 is 1.95 bits per heavy atom. The van der Waals surface area contributed by atoms with Gasteiger partial charge in [0.25, 0.3) is 0 Å². The van der Waals surface area contributed by atoms with Crippen molar-refractivity contribution in [3.63, 3.8) is 0 Å². The Kier molecular flexibility index (Phi) is 5.38. The smallest absolute Gasteiger partial charge is 0.101 e. The molecular formula is C19H25N3. The summed E-state index contributed by atoms with van der Waals surface area (Å²) in [5.74, 6) is 1.39. The van der Waals surface area contributed by atoms with E-state index >= 15 is 0 Å². The van der Waals surface area contributed by atoms with Gasteiger partial charge in [-0.05, 0) is 49.4 Å². The molecule has 0 amide bonds. The van der Waals surface area contributed by atoms with Crippen molar-refractivity contribution in [2.24, 2.45) is 11.8 Å². The molecule has 0 saturated heterocycles. The van der Waals surface area contributed by atoms with E-state index in [0.29, 0.717) is 11.5 Å². The average molecular weight is 295 g/mol. The van der Waals surface area contributed by atoms with E-state index < -0.39 is 0 Å². The minimum atomic E-state index is 0.624. The maximum Gasteiger partial charge on any atom is 0.101 e. The van der Waals surface area contributed by atoms with E-state index in [-0.39, 0.29) is 0 Å². The Balaban J connectivity index is 2.20. The predicted octanol–water partition coefficient (Wildman–Crippen LogP) is 4.90. The van der Waals surface area contributed by atoms with Gasteiger partial charge in [-0.1, -0.05) is 27.2 Å². The first-order valence-electron chi connectivity index (χ1n) is 8.09. The van der Waals surface area contributed by atoms with Crippen molar-refractivity contribution >= 4 is 16.6 Å². The van der Waals surface area contributed by atoms with E-state index in [2.05, 4.69) is 43.2 Å². The molecule has 2 unspecified atom stereocenters. The maximum atomic E-state index is 9.25. The number of nitrogens with zero attached hydrogens (tertiary/aromatic N) is 2. The van der Waals surface area contributed by atoms with E-state index in [9.17, 15) is 5.26 Å². The number of nitriles is 1. The van der Waals surface area contributed by atoms with Gasteiger partial charge in [0, 0.05) is 23.3 Å². The number of anilines is 1. The van der Waals surface area contributed by atoms with Crippen LogP contribution in [0.3, 0.4) is 0 Å². The standard InChI is InChI=1S/C19H25N3/c1-5-13(2)10-14(3)12-21-18-9-7-16(11-20)19-17(18)8-6-15(4)22-19/h6-9,13-14,21H,5,10,12H2,1-4H3. The average Bonchev–Trinajstić information content (AvgIpc) is 2.52. The molecular weight excluding hydrogens is 270 g/mol. The van der Waals surface area contributed by atoms with Gasteiger partial charge in [0.1, 0.15) is 6.07 Å². The van der Waals surface area contributed by atoms with Gasteiger partial charge in [0.05, 0.1) is 11.1 Å². The van der Waals surface area contributed by atoms with Gasteiger partial charge in [-0.2, -0.15) is 5.26 Å². The molecule has 0 radical (unpaired) electrons. The van der Waals surface area contributed by atoms with Crippen LogP contribution in [-0.2, 0) is 0 Å². The first kappa shape index (κ1) is 16.3. The topological polar surface area (TPSA) is 48.7 Å². The number of hydrogen-bond acceptors (Lipinski definition) is 3. The molecule has 1 aromatic heterocycles. The lowest BCUT2D eigenvalue weighted by Crippen LogP contribution is -2.14. The second-order valence-corrected chi connectivity index (χ2v) is 6.36. The molecule has 0 bridgehead atoms. The maximum absolute atomic E-state index is 9.25. The minimum absolute atomic E-state index is 0.624. The fourth-order valence-corrected chi connectivity index (χ4v) is 2.78. The van der Waals surface area contributed by atoms with Crippen LogP contribution in [0.25, 0.3) is 10.9 Å².